The smallest absolute Gasteiger partial charge is 0.319 e. The van der Waals surface area contributed by atoms with Gasteiger partial charge in [0.2, 0.25) is 0 Å². The van der Waals surface area contributed by atoms with Crippen LogP contribution in [-0.2, 0) is 9.59 Å². The quantitative estimate of drug-likeness (QED) is 0.489. The van der Waals surface area contributed by atoms with Crippen molar-refractivity contribution in [3.8, 4) is 0 Å². The normalized spacial score (nSPS) is 23.5. The van der Waals surface area contributed by atoms with E-state index in [0.717, 1.165) is 32.1 Å². The number of nitrogens with zero attached hydrogens (tertiary/aromatic N) is 1. The molecule has 0 spiro atoms. The second-order valence-electron chi connectivity index (χ2n) is 5.08. The van der Waals surface area contributed by atoms with Crippen LogP contribution >= 0.6 is 0 Å². The first kappa shape index (κ1) is 16.8. The number of hydrogen-bond acceptors (Lipinski definition) is 6. The van der Waals surface area contributed by atoms with Crippen LogP contribution in [0.1, 0.15) is 38.5 Å². The van der Waals surface area contributed by atoms with Crippen molar-refractivity contribution in [2.45, 2.75) is 38.5 Å². The summed E-state index contributed by atoms with van der Waals surface area (Å²) in [5.74, 6) is -1.44. The van der Waals surface area contributed by atoms with Gasteiger partial charge in [0.05, 0.1) is 0 Å². The van der Waals surface area contributed by atoms with Gasteiger partial charge in [0, 0.05) is 19.5 Å². The van der Waals surface area contributed by atoms with Crippen LogP contribution in [0.2, 0.25) is 0 Å². The van der Waals surface area contributed by atoms with Gasteiger partial charge in [-0.05, 0) is 25.2 Å². The summed E-state index contributed by atoms with van der Waals surface area (Å²) in [5.41, 5.74) is 8.47. The van der Waals surface area contributed by atoms with Crippen LogP contribution in [0.5, 0.6) is 0 Å². The van der Waals surface area contributed by atoms with Crippen molar-refractivity contribution in [2.24, 2.45) is 5.92 Å². The third-order valence-corrected chi connectivity index (χ3v) is 3.31. The predicted octanol–water partition coefficient (Wildman–Crippen LogP) is -0.0582. The fraction of sp³-hybridized carbons (Fsp3) is 0.833. The van der Waals surface area contributed by atoms with Crippen molar-refractivity contribution >= 4 is 11.9 Å². The van der Waals surface area contributed by atoms with Crippen LogP contribution in [0.3, 0.4) is 0 Å². The van der Waals surface area contributed by atoms with Crippen molar-refractivity contribution < 1.29 is 19.8 Å². The van der Waals surface area contributed by atoms with Crippen LogP contribution in [0.15, 0.2) is 0 Å². The fourth-order valence-electron chi connectivity index (χ4n) is 2.30. The Labute approximate surface area is 118 Å². The third kappa shape index (κ3) is 8.05. The highest BCUT2D eigenvalue weighted by Gasteiger charge is 2.14. The van der Waals surface area contributed by atoms with Gasteiger partial charge in [0.15, 0.2) is 0 Å². The summed E-state index contributed by atoms with van der Waals surface area (Å²) in [7, 11) is 0. The summed E-state index contributed by atoms with van der Waals surface area (Å²) in [4.78, 5) is 21.5. The summed E-state index contributed by atoms with van der Waals surface area (Å²) in [5, 5.41) is 19.3. The maximum atomic E-state index is 10.8. The standard InChI is InChI=1S/C12H24N4O4/c17-11(18)8-10-4-2-1-3-7-16(9-12(19)20)15-14-13-6-5-10/h10,13-15H,1-9H2,(H,17,18)(H,19,20). The number of hydrogen-bond donors (Lipinski definition) is 5. The topological polar surface area (TPSA) is 114 Å². The van der Waals surface area contributed by atoms with Gasteiger partial charge in [-0.25, -0.2) is 10.4 Å². The fourth-order valence-corrected chi connectivity index (χ4v) is 2.30. The molecule has 1 fully saturated rings. The molecule has 5 N–H and O–H groups in total. The molecule has 0 bridgehead atoms. The highest BCUT2D eigenvalue weighted by molar-refractivity contribution is 5.69. The summed E-state index contributed by atoms with van der Waals surface area (Å²) in [6.07, 6.45) is 4.72. The van der Waals surface area contributed by atoms with Gasteiger partial charge >= 0.3 is 11.9 Å². The number of carboxylic acid groups (broad SMARTS) is 2. The Morgan fingerprint density at radius 2 is 1.90 bits per heavy atom. The van der Waals surface area contributed by atoms with E-state index in [2.05, 4.69) is 16.5 Å². The van der Waals surface area contributed by atoms with Crippen molar-refractivity contribution in [2.75, 3.05) is 19.6 Å². The first-order chi connectivity index (χ1) is 9.58. The second kappa shape index (κ2) is 9.65. The molecule has 0 aliphatic carbocycles. The predicted molar refractivity (Wildman–Crippen MR) is 72.3 cm³/mol. The SMILES string of the molecule is O=C(O)CC1CCCCCN(CC(=O)O)NNNCC1. The molecule has 8 heteroatoms. The minimum atomic E-state index is -0.882. The van der Waals surface area contributed by atoms with Crippen molar-refractivity contribution in [1.82, 2.24) is 21.5 Å². The summed E-state index contributed by atoms with van der Waals surface area (Å²) in [6.45, 7) is 1.19. The van der Waals surface area contributed by atoms with Gasteiger partial charge < -0.3 is 10.2 Å². The molecule has 20 heavy (non-hydrogen) atoms. The number of nitrogens with one attached hydrogen (secondary N) is 3. The first-order valence-electron chi connectivity index (χ1n) is 7.00. The number of carbonyl (C=O) groups is 2. The van der Waals surface area contributed by atoms with Crippen molar-refractivity contribution in [3.05, 3.63) is 0 Å². The number of rotatable bonds is 4. The maximum absolute atomic E-state index is 10.8. The molecule has 1 aliphatic heterocycles. The molecule has 0 amide bonds. The average Bonchev–Trinajstić information content (AvgIpc) is 2.33. The Morgan fingerprint density at radius 1 is 1.10 bits per heavy atom. The van der Waals surface area contributed by atoms with E-state index in [9.17, 15) is 9.59 Å². The highest BCUT2D eigenvalue weighted by Crippen LogP contribution is 2.17. The zero-order valence-corrected chi connectivity index (χ0v) is 11.6. The lowest BCUT2D eigenvalue weighted by Crippen LogP contribution is -2.54. The summed E-state index contributed by atoms with van der Waals surface area (Å²) >= 11 is 0. The van der Waals surface area contributed by atoms with E-state index in [1.807, 2.05) is 0 Å². The highest BCUT2D eigenvalue weighted by atomic mass is 16.4. The molecule has 1 saturated heterocycles. The van der Waals surface area contributed by atoms with E-state index in [0.29, 0.717) is 13.1 Å². The third-order valence-electron chi connectivity index (χ3n) is 3.31. The molecule has 1 heterocycles. The minimum Gasteiger partial charge on any atom is -0.481 e. The molecule has 1 rings (SSSR count). The summed E-state index contributed by atoms with van der Waals surface area (Å²) < 4.78 is 0. The van der Waals surface area contributed by atoms with Crippen LogP contribution in [0.4, 0.5) is 0 Å². The lowest BCUT2D eigenvalue weighted by Gasteiger charge is -2.24. The Hall–Kier alpha value is -1.22. The monoisotopic (exact) mass is 288 g/mol. The first-order valence-corrected chi connectivity index (χ1v) is 7.00. The molecule has 0 aromatic carbocycles. The van der Waals surface area contributed by atoms with Crippen molar-refractivity contribution in [3.63, 3.8) is 0 Å². The number of aliphatic carboxylic acids is 2. The van der Waals surface area contributed by atoms with Gasteiger partial charge in [0.1, 0.15) is 6.54 Å². The Kier molecular flexibility index (Phi) is 8.12. The molecular weight excluding hydrogens is 264 g/mol. The lowest BCUT2D eigenvalue weighted by atomic mass is 9.94. The Morgan fingerprint density at radius 3 is 2.60 bits per heavy atom. The zero-order chi connectivity index (χ0) is 14.8. The molecule has 1 unspecified atom stereocenters. The number of hydrazine groups is 3. The maximum Gasteiger partial charge on any atom is 0.319 e. The number of carboxylic acids is 2. The Bertz CT molecular complexity index is 272. The van der Waals surface area contributed by atoms with Crippen LogP contribution in [0.25, 0.3) is 0 Å². The molecule has 0 saturated carbocycles. The van der Waals surface area contributed by atoms with Crippen LogP contribution in [0, 0.1) is 5.92 Å². The van der Waals surface area contributed by atoms with Crippen LogP contribution < -0.4 is 16.5 Å². The second-order valence-corrected chi connectivity index (χ2v) is 5.08. The Balaban J connectivity index is 2.37. The molecule has 8 nitrogen and oxygen atoms in total. The lowest BCUT2D eigenvalue weighted by molar-refractivity contribution is -0.140. The van der Waals surface area contributed by atoms with E-state index in [-0.39, 0.29) is 18.9 Å². The average molecular weight is 288 g/mol. The van der Waals surface area contributed by atoms with Crippen molar-refractivity contribution in [1.29, 1.82) is 0 Å². The molecule has 0 radical (unpaired) electrons. The van der Waals surface area contributed by atoms with Gasteiger partial charge in [-0.3, -0.25) is 9.59 Å². The van der Waals surface area contributed by atoms with E-state index < -0.39 is 11.9 Å². The summed E-state index contributed by atoms with van der Waals surface area (Å²) in [6, 6.07) is 0. The molecule has 1 aliphatic rings. The molecule has 0 aromatic heterocycles. The van der Waals surface area contributed by atoms with E-state index in [1.165, 1.54) is 0 Å². The van der Waals surface area contributed by atoms with Gasteiger partial charge in [-0.2, -0.15) is 11.1 Å². The molecule has 1 atom stereocenters. The molecule has 116 valence electrons. The largest absolute Gasteiger partial charge is 0.481 e. The van der Waals surface area contributed by atoms with Crippen LogP contribution in [-0.4, -0.2) is 46.8 Å². The van der Waals surface area contributed by atoms with Gasteiger partial charge in [-0.15, -0.1) is 0 Å². The van der Waals surface area contributed by atoms with E-state index >= 15 is 0 Å². The molecular formula is C12H24N4O4. The van der Waals surface area contributed by atoms with E-state index in [1.54, 1.807) is 5.01 Å². The van der Waals surface area contributed by atoms with E-state index in [4.69, 9.17) is 10.2 Å². The van der Waals surface area contributed by atoms with Gasteiger partial charge in [-0.1, -0.05) is 12.8 Å². The van der Waals surface area contributed by atoms with Gasteiger partial charge in [0.25, 0.3) is 0 Å². The zero-order valence-electron chi connectivity index (χ0n) is 11.6. The minimum absolute atomic E-state index is 0.0731. The molecule has 0 aromatic rings.